The van der Waals surface area contributed by atoms with Crippen molar-refractivity contribution < 1.29 is 14.3 Å². The molecule has 0 amide bonds. The van der Waals surface area contributed by atoms with Gasteiger partial charge in [0.05, 0.1) is 25.7 Å². The summed E-state index contributed by atoms with van der Waals surface area (Å²) in [7, 11) is 1.39. The van der Waals surface area contributed by atoms with Crippen molar-refractivity contribution in [1.29, 1.82) is 0 Å². The second-order valence-corrected chi connectivity index (χ2v) is 6.28. The molecule has 0 saturated carbocycles. The molecule has 0 aliphatic carbocycles. The smallest absolute Gasteiger partial charge is 0.310 e. The van der Waals surface area contributed by atoms with Gasteiger partial charge in [-0.05, 0) is 39.3 Å². The average Bonchev–Trinajstić information content (AvgIpc) is 2.57. The van der Waals surface area contributed by atoms with Gasteiger partial charge in [-0.2, -0.15) is 0 Å². The van der Waals surface area contributed by atoms with Gasteiger partial charge in [0.2, 0.25) is 0 Å². The van der Waals surface area contributed by atoms with E-state index in [1.54, 1.807) is 0 Å². The molecule has 0 aliphatic rings. The molecule has 140 valence electrons. The minimum atomic E-state index is -0.243. The molecule has 0 bridgehead atoms. The Labute approximate surface area is 151 Å². The number of ether oxygens (including phenoxy) is 2. The molecule has 2 N–H and O–H groups in total. The van der Waals surface area contributed by atoms with Crippen LogP contribution >= 0.6 is 0 Å². The molecule has 0 aromatic heterocycles. The molecular weight excluding hydrogens is 318 g/mol. The summed E-state index contributed by atoms with van der Waals surface area (Å²) in [5, 5.41) is 6.36. The molecule has 6 nitrogen and oxygen atoms in total. The lowest BCUT2D eigenvalue weighted by Gasteiger charge is -2.16. The van der Waals surface area contributed by atoms with Crippen LogP contribution in [0.2, 0.25) is 0 Å². The zero-order valence-electron chi connectivity index (χ0n) is 16.2. The van der Waals surface area contributed by atoms with Crippen LogP contribution < -0.4 is 15.4 Å². The van der Waals surface area contributed by atoms with Crippen LogP contribution in [0.4, 0.5) is 0 Å². The molecule has 0 heterocycles. The molecule has 0 radical (unpaired) electrons. The lowest BCUT2D eigenvalue weighted by atomic mass is 10.1. The number of aliphatic imine (C=N–C) groups is 1. The first-order valence-electron chi connectivity index (χ1n) is 8.73. The first-order chi connectivity index (χ1) is 11.9. The Kier molecular flexibility index (Phi) is 8.81. The summed E-state index contributed by atoms with van der Waals surface area (Å²) < 4.78 is 10.6. The summed E-state index contributed by atoms with van der Waals surface area (Å²) in [6.45, 7) is 11.6. The Bertz CT molecular complexity index is 585. The maximum Gasteiger partial charge on any atom is 0.310 e. The highest BCUT2D eigenvalue weighted by molar-refractivity contribution is 5.80. The summed E-state index contributed by atoms with van der Waals surface area (Å²) in [6.07, 6.45) is 0.108. The third-order valence-corrected chi connectivity index (χ3v) is 3.52. The molecule has 0 aliphatic heterocycles. The Morgan fingerprint density at radius 2 is 1.96 bits per heavy atom. The Morgan fingerprint density at radius 3 is 2.56 bits per heavy atom. The molecule has 0 fully saturated rings. The molecule has 6 heteroatoms. The van der Waals surface area contributed by atoms with Crippen molar-refractivity contribution in [3.63, 3.8) is 0 Å². The van der Waals surface area contributed by atoms with E-state index >= 15 is 0 Å². The summed E-state index contributed by atoms with van der Waals surface area (Å²) in [6, 6.07) is 6.12. The van der Waals surface area contributed by atoms with Gasteiger partial charge in [0.25, 0.3) is 0 Å². The second-order valence-electron chi connectivity index (χ2n) is 6.28. The van der Waals surface area contributed by atoms with E-state index in [0.29, 0.717) is 19.0 Å². The number of carbonyl (C=O) groups excluding carboxylic acids is 1. The van der Waals surface area contributed by atoms with Crippen molar-refractivity contribution in [1.82, 2.24) is 10.6 Å². The summed E-state index contributed by atoms with van der Waals surface area (Å²) >= 11 is 0. The molecule has 1 unspecified atom stereocenters. The number of nitrogens with zero attached hydrogens (tertiary/aromatic N) is 1. The normalized spacial score (nSPS) is 12.7. The molecule has 25 heavy (non-hydrogen) atoms. The predicted molar refractivity (Wildman–Crippen MR) is 101 cm³/mol. The van der Waals surface area contributed by atoms with Crippen LogP contribution in [0.15, 0.2) is 23.2 Å². The highest BCUT2D eigenvalue weighted by Crippen LogP contribution is 2.22. The first-order valence-corrected chi connectivity index (χ1v) is 8.73. The number of methoxy groups -OCH3 is 1. The zero-order chi connectivity index (χ0) is 18.8. The molecule has 1 atom stereocenters. The number of benzene rings is 1. The summed E-state index contributed by atoms with van der Waals surface area (Å²) in [5.74, 6) is 1.04. The maximum absolute atomic E-state index is 11.5. The van der Waals surface area contributed by atoms with Crippen molar-refractivity contribution in [2.45, 2.75) is 47.3 Å². The Morgan fingerprint density at radius 1 is 1.24 bits per heavy atom. The van der Waals surface area contributed by atoms with E-state index < -0.39 is 0 Å². The lowest BCUT2D eigenvalue weighted by molar-refractivity contribution is -0.144. The summed E-state index contributed by atoms with van der Waals surface area (Å²) in [4.78, 5) is 16.1. The van der Waals surface area contributed by atoms with E-state index in [0.717, 1.165) is 23.4 Å². The van der Waals surface area contributed by atoms with Crippen LogP contribution in [-0.4, -0.2) is 38.2 Å². The van der Waals surface area contributed by atoms with Crippen molar-refractivity contribution >= 4 is 11.9 Å². The average molecular weight is 349 g/mol. The van der Waals surface area contributed by atoms with Gasteiger partial charge in [0.15, 0.2) is 5.96 Å². The first kappa shape index (κ1) is 20.8. The number of nitrogens with one attached hydrogen (secondary N) is 2. The van der Waals surface area contributed by atoms with Gasteiger partial charge in [0.1, 0.15) is 5.75 Å². The van der Waals surface area contributed by atoms with Crippen molar-refractivity contribution in [2.75, 3.05) is 20.2 Å². The SMILES string of the molecule is CCNC(=NCc1ccc(C)cc1OC(C)C)NCC(C)C(=O)OC. The van der Waals surface area contributed by atoms with Crippen molar-refractivity contribution in [3.05, 3.63) is 29.3 Å². The fraction of sp³-hybridized carbons (Fsp3) is 0.579. The highest BCUT2D eigenvalue weighted by Gasteiger charge is 2.13. The number of esters is 1. The second kappa shape index (κ2) is 10.6. The third-order valence-electron chi connectivity index (χ3n) is 3.52. The number of rotatable bonds is 8. The molecule has 0 saturated heterocycles. The minimum Gasteiger partial charge on any atom is -0.491 e. The van der Waals surface area contributed by atoms with E-state index in [1.165, 1.54) is 7.11 Å². The number of hydrogen-bond acceptors (Lipinski definition) is 4. The predicted octanol–water partition coefficient (Wildman–Crippen LogP) is 2.65. The van der Waals surface area contributed by atoms with E-state index in [4.69, 9.17) is 9.47 Å². The number of carbonyl (C=O) groups is 1. The van der Waals surface area contributed by atoms with Crippen LogP contribution in [0, 0.1) is 12.8 Å². The van der Waals surface area contributed by atoms with Crippen LogP contribution in [-0.2, 0) is 16.1 Å². The molecule has 1 aromatic rings. The van der Waals surface area contributed by atoms with Crippen LogP contribution in [0.25, 0.3) is 0 Å². The van der Waals surface area contributed by atoms with Gasteiger partial charge in [-0.3, -0.25) is 4.79 Å². The van der Waals surface area contributed by atoms with Crippen molar-refractivity contribution in [3.8, 4) is 5.75 Å². The van der Waals surface area contributed by atoms with Gasteiger partial charge >= 0.3 is 5.97 Å². The largest absolute Gasteiger partial charge is 0.491 e. The fourth-order valence-electron chi connectivity index (χ4n) is 2.20. The number of aryl methyl sites for hydroxylation is 1. The molecule has 1 aromatic carbocycles. The Hall–Kier alpha value is -2.24. The highest BCUT2D eigenvalue weighted by atomic mass is 16.5. The van der Waals surface area contributed by atoms with Gasteiger partial charge in [-0.1, -0.05) is 19.1 Å². The van der Waals surface area contributed by atoms with Crippen LogP contribution in [0.3, 0.4) is 0 Å². The maximum atomic E-state index is 11.5. The van der Waals surface area contributed by atoms with Gasteiger partial charge in [0, 0.05) is 18.7 Å². The number of hydrogen-bond donors (Lipinski definition) is 2. The van der Waals surface area contributed by atoms with Gasteiger partial charge < -0.3 is 20.1 Å². The third kappa shape index (κ3) is 7.45. The van der Waals surface area contributed by atoms with Crippen LogP contribution in [0.5, 0.6) is 5.75 Å². The quantitative estimate of drug-likeness (QED) is 0.429. The Balaban J connectivity index is 2.81. The van der Waals surface area contributed by atoms with E-state index in [-0.39, 0.29) is 18.0 Å². The van der Waals surface area contributed by atoms with E-state index in [1.807, 2.05) is 46.8 Å². The molecule has 0 spiro atoms. The fourth-order valence-corrected chi connectivity index (χ4v) is 2.20. The monoisotopic (exact) mass is 349 g/mol. The zero-order valence-corrected chi connectivity index (χ0v) is 16.2. The molecule has 1 rings (SSSR count). The van der Waals surface area contributed by atoms with Crippen LogP contribution in [0.1, 0.15) is 38.8 Å². The molecular formula is C19H31N3O3. The number of guanidine groups is 1. The topological polar surface area (TPSA) is 72.0 Å². The standard InChI is InChI=1S/C19H31N3O3/c1-7-20-19(21-11-15(5)18(23)24-6)22-12-16-9-8-14(4)10-17(16)25-13(2)3/h8-10,13,15H,7,11-12H2,1-6H3,(H2,20,21,22). The van der Waals surface area contributed by atoms with E-state index in [2.05, 4.69) is 21.7 Å². The minimum absolute atomic E-state index is 0.108. The lowest BCUT2D eigenvalue weighted by Crippen LogP contribution is -2.40. The van der Waals surface area contributed by atoms with E-state index in [9.17, 15) is 4.79 Å². The summed E-state index contributed by atoms with van der Waals surface area (Å²) in [5.41, 5.74) is 2.18. The van der Waals surface area contributed by atoms with Gasteiger partial charge in [-0.25, -0.2) is 4.99 Å². The van der Waals surface area contributed by atoms with Crippen molar-refractivity contribution in [2.24, 2.45) is 10.9 Å². The van der Waals surface area contributed by atoms with Gasteiger partial charge in [-0.15, -0.1) is 0 Å².